The smallest absolute Gasteiger partial charge is 0.333 e. The Morgan fingerprint density at radius 1 is 0.464 bits per heavy atom. The third-order valence-electron chi connectivity index (χ3n) is 15.6. The largest absolute Gasteiger partial charge is 0.462 e. The maximum Gasteiger partial charge on any atom is 0.333 e. The Hall–Kier alpha value is -7.61. The molecule has 1 aliphatic carbocycles. The van der Waals surface area contributed by atoms with Crippen molar-refractivity contribution >= 4 is 34.8 Å². The van der Waals surface area contributed by atoms with Gasteiger partial charge in [-0.3, -0.25) is 4.79 Å². The van der Waals surface area contributed by atoms with E-state index in [2.05, 4.69) is 161 Å². The highest BCUT2D eigenvalue weighted by Gasteiger charge is 2.42. The third-order valence-corrected chi connectivity index (χ3v) is 15.6. The molecule has 0 spiro atoms. The summed E-state index contributed by atoms with van der Waals surface area (Å²) in [6.07, 6.45) is 19.4. The molecular weight excluding hydrogens is 1030 g/mol. The van der Waals surface area contributed by atoms with Gasteiger partial charge in [0.2, 0.25) is 0 Å². The van der Waals surface area contributed by atoms with Crippen LogP contribution in [0.1, 0.15) is 182 Å². The zero-order valence-corrected chi connectivity index (χ0v) is 51.6. The topological polar surface area (TPSA) is 82.1 Å². The summed E-state index contributed by atoms with van der Waals surface area (Å²) in [5, 5.41) is 0. The summed E-state index contributed by atoms with van der Waals surface area (Å²) in [6, 6.07) is 62.4. The van der Waals surface area contributed by atoms with Crippen LogP contribution in [0.5, 0.6) is 0 Å². The summed E-state index contributed by atoms with van der Waals surface area (Å²) in [5.41, 5.74) is 17.3. The Kier molecular flexibility index (Phi) is 27.2. The fourth-order valence-electron chi connectivity index (χ4n) is 11.0. The molecule has 0 amide bonds. The minimum absolute atomic E-state index is 0.00338. The van der Waals surface area contributed by atoms with Gasteiger partial charge in [0.15, 0.2) is 5.78 Å². The SMILES string of the molecule is C=C(C)C(=O)OCCCCOC(=O)C(=C)C.CCCCCCCCC1(CCCCCCCC)c2cc(C)ccc2-c2ccc(-c3ccc(N(c4ccccc4)c4ccc(C)cc4)cc3)cc21.CCOC(C(=O)c1ccccc1)c1ccccc1. The van der Waals surface area contributed by atoms with Gasteiger partial charge in [0.1, 0.15) is 6.10 Å². The molecule has 0 radical (unpaired) electrons. The van der Waals surface area contributed by atoms with Crippen LogP contribution in [0, 0.1) is 13.8 Å². The average molecular weight is 1130 g/mol. The summed E-state index contributed by atoms with van der Waals surface area (Å²) in [5.74, 6) is -0.776. The monoisotopic (exact) mass is 1130 g/mol. The maximum atomic E-state index is 12.4. The lowest BCUT2D eigenvalue weighted by molar-refractivity contribution is -0.141. The summed E-state index contributed by atoms with van der Waals surface area (Å²) in [6.45, 7) is 22.2. The molecule has 442 valence electrons. The number of benzene rings is 7. The van der Waals surface area contributed by atoms with E-state index < -0.39 is 6.10 Å². The number of esters is 2. The lowest BCUT2D eigenvalue weighted by atomic mass is 9.70. The molecule has 0 aromatic heterocycles. The van der Waals surface area contributed by atoms with E-state index in [9.17, 15) is 14.4 Å². The van der Waals surface area contributed by atoms with Crippen molar-refractivity contribution < 1.29 is 28.6 Å². The second-order valence-electron chi connectivity index (χ2n) is 22.5. The number of unbranched alkanes of at least 4 members (excludes halogenated alkanes) is 11. The Morgan fingerprint density at radius 3 is 1.40 bits per heavy atom. The number of hydrogen-bond acceptors (Lipinski definition) is 7. The molecule has 7 aromatic rings. The van der Waals surface area contributed by atoms with Crippen LogP contribution in [0.3, 0.4) is 0 Å². The number of hydrogen-bond donors (Lipinski definition) is 0. The molecular formula is C77H93NO6. The number of aryl methyl sites for hydroxylation is 2. The number of ketones is 1. The Labute approximate surface area is 504 Å². The number of anilines is 3. The standard InChI is InChI=1S/C49H59N.C16H16O2.C12H18O4/c1-5-7-9-11-13-18-34-49(35-19-14-12-10-8-6-2)47-36-39(4)24-32-45(47)46-33-27-41(37-48(46)49)40-25-30-44(31-26-40)50(42-20-16-15-17-21-42)43-28-22-38(3)23-29-43;1-2-18-16(14-11-7-4-8-12-14)15(17)13-9-5-3-6-10-13;1-9(2)11(13)15-7-5-6-8-16-12(14)10(3)4/h15-17,20-33,36-37H,5-14,18-19,34-35H2,1-4H3;3-12,16H,2H2,1H3;1,3,5-8H2,2,4H3. The number of nitrogens with zero attached hydrogens (tertiary/aromatic N) is 1. The average Bonchev–Trinajstić information content (AvgIpc) is 2.59. The third kappa shape index (κ3) is 19.2. The van der Waals surface area contributed by atoms with Gasteiger partial charge in [-0.15, -0.1) is 0 Å². The highest BCUT2D eigenvalue weighted by atomic mass is 16.5. The van der Waals surface area contributed by atoms with Crippen LogP contribution in [0.2, 0.25) is 0 Å². The molecule has 0 saturated carbocycles. The van der Waals surface area contributed by atoms with Gasteiger partial charge in [-0.25, -0.2) is 9.59 Å². The lowest BCUT2D eigenvalue weighted by Gasteiger charge is -2.33. The molecule has 0 N–H and O–H groups in total. The van der Waals surface area contributed by atoms with Crippen molar-refractivity contribution in [3.05, 3.63) is 234 Å². The van der Waals surface area contributed by atoms with Gasteiger partial charge in [0.25, 0.3) is 0 Å². The predicted octanol–water partition coefficient (Wildman–Crippen LogP) is 20.9. The second-order valence-corrected chi connectivity index (χ2v) is 22.5. The summed E-state index contributed by atoms with van der Waals surface area (Å²) in [7, 11) is 0. The van der Waals surface area contributed by atoms with Gasteiger partial charge in [0, 0.05) is 45.8 Å². The maximum absolute atomic E-state index is 12.4. The van der Waals surface area contributed by atoms with Crippen molar-refractivity contribution in [1.82, 2.24) is 0 Å². The van der Waals surface area contributed by atoms with Crippen LogP contribution in [0.25, 0.3) is 22.3 Å². The van der Waals surface area contributed by atoms with Gasteiger partial charge >= 0.3 is 11.9 Å². The predicted molar refractivity (Wildman–Crippen MR) is 351 cm³/mol. The second kappa shape index (κ2) is 34.9. The molecule has 0 fully saturated rings. The Bertz CT molecular complexity index is 3080. The van der Waals surface area contributed by atoms with Crippen molar-refractivity contribution in [2.75, 3.05) is 24.7 Å². The Balaban J connectivity index is 0.000000270. The Morgan fingerprint density at radius 2 is 0.893 bits per heavy atom. The fourth-order valence-corrected chi connectivity index (χ4v) is 11.0. The molecule has 0 bridgehead atoms. The molecule has 1 unspecified atom stereocenters. The molecule has 0 heterocycles. The number of para-hydroxylation sites is 1. The van der Waals surface area contributed by atoms with E-state index in [1.165, 1.54) is 140 Å². The highest BCUT2D eigenvalue weighted by molar-refractivity contribution is 6.00. The summed E-state index contributed by atoms with van der Waals surface area (Å²) in [4.78, 5) is 36.7. The number of Topliss-reactive ketones (excluding diaryl/α,β-unsaturated/α-hetero) is 1. The molecule has 84 heavy (non-hydrogen) atoms. The van der Waals surface area contributed by atoms with E-state index >= 15 is 0 Å². The van der Waals surface area contributed by atoms with Crippen LogP contribution in [0.4, 0.5) is 17.1 Å². The van der Waals surface area contributed by atoms with Crippen molar-refractivity contribution in [1.29, 1.82) is 0 Å². The van der Waals surface area contributed by atoms with Gasteiger partial charge in [-0.05, 0) is 142 Å². The van der Waals surface area contributed by atoms with Crippen LogP contribution in [0.15, 0.2) is 200 Å². The van der Waals surface area contributed by atoms with E-state index in [1.54, 1.807) is 25.0 Å². The van der Waals surface area contributed by atoms with E-state index in [-0.39, 0.29) is 23.1 Å². The van der Waals surface area contributed by atoms with E-state index in [4.69, 9.17) is 14.2 Å². The zero-order valence-electron chi connectivity index (χ0n) is 51.6. The molecule has 8 rings (SSSR count). The molecule has 0 aliphatic heterocycles. The molecule has 7 aromatic carbocycles. The van der Waals surface area contributed by atoms with E-state index in [1.807, 2.05) is 67.6 Å². The number of ether oxygens (including phenoxy) is 3. The normalized spacial score (nSPS) is 12.0. The molecule has 1 atom stereocenters. The molecule has 1 aliphatic rings. The lowest BCUT2D eigenvalue weighted by Crippen LogP contribution is -2.25. The minimum Gasteiger partial charge on any atom is -0.462 e. The van der Waals surface area contributed by atoms with E-state index in [0.717, 1.165) is 5.56 Å². The number of carbonyl (C=O) groups excluding carboxylic acids is 3. The van der Waals surface area contributed by atoms with Crippen LogP contribution >= 0.6 is 0 Å². The van der Waals surface area contributed by atoms with Crippen LogP contribution in [-0.2, 0) is 29.2 Å². The minimum atomic E-state index is -0.515. The van der Waals surface area contributed by atoms with E-state index in [0.29, 0.717) is 49.4 Å². The first-order valence-electron chi connectivity index (χ1n) is 31.0. The summed E-state index contributed by atoms with van der Waals surface area (Å²) >= 11 is 0. The van der Waals surface area contributed by atoms with Crippen LogP contribution < -0.4 is 4.90 Å². The first kappa shape index (κ1) is 65.5. The number of carbonyl (C=O) groups is 3. The van der Waals surface area contributed by atoms with Gasteiger partial charge < -0.3 is 19.1 Å². The van der Waals surface area contributed by atoms with Crippen molar-refractivity contribution in [2.45, 2.75) is 163 Å². The van der Waals surface area contributed by atoms with Crippen LogP contribution in [-0.4, -0.2) is 37.5 Å². The number of rotatable bonds is 30. The quantitative estimate of drug-likeness (QED) is 0.0192. The highest BCUT2D eigenvalue weighted by Crippen LogP contribution is 2.55. The van der Waals surface area contributed by atoms with Crippen molar-refractivity contribution in [3.8, 4) is 22.3 Å². The molecule has 7 nitrogen and oxygen atoms in total. The van der Waals surface area contributed by atoms with Crippen molar-refractivity contribution in [2.24, 2.45) is 0 Å². The first-order chi connectivity index (χ1) is 40.8. The van der Waals surface area contributed by atoms with Gasteiger partial charge in [-0.1, -0.05) is 249 Å². The van der Waals surface area contributed by atoms with Crippen molar-refractivity contribution in [3.63, 3.8) is 0 Å². The molecule has 7 heteroatoms. The first-order valence-corrected chi connectivity index (χ1v) is 31.0. The fraction of sp³-hybridized carbons (Fsp3) is 0.364. The molecule has 0 saturated heterocycles. The number of fused-ring (bicyclic) bond motifs is 3. The van der Waals surface area contributed by atoms with Gasteiger partial charge in [0.05, 0.1) is 13.2 Å². The van der Waals surface area contributed by atoms with Gasteiger partial charge in [-0.2, -0.15) is 0 Å². The summed E-state index contributed by atoms with van der Waals surface area (Å²) < 4.78 is 15.3. The zero-order chi connectivity index (χ0) is 60.1.